The van der Waals surface area contributed by atoms with Crippen LogP contribution < -0.4 is 10.5 Å². The summed E-state index contributed by atoms with van der Waals surface area (Å²) in [6.07, 6.45) is 7.30. The molecule has 31 heavy (non-hydrogen) atoms. The topological polar surface area (TPSA) is 71.9 Å². The summed E-state index contributed by atoms with van der Waals surface area (Å²) >= 11 is 0. The average molecular weight is 418 g/mol. The highest BCUT2D eigenvalue weighted by molar-refractivity contribution is 5.80. The first-order valence-electron chi connectivity index (χ1n) is 10.8. The molecule has 0 aliphatic heterocycles. The first kappa shape index (κ1) is 22.3. The molecule has 1 heterocycles. The lowest BCUT2D eigenvalue weighted by molar-refractivity contribution is 0.304. The van der Waals surface area contributed by atoms with Crippen LogP contribution in [0.5, 0.6) is 5.75 Å². The number of benzene rings is 2. The Morgan fingerprint density at radius 2 is 1.68 bits per heavy atom. The van der Waals surface area contributed by atoms with Gasteiger partial charge in [0.05, 0.1) is 12.3 Å². The zero-order valence-corrected chi connectivity index (χ0v) is 17.9. The Kier molecular flexibility index (Phi) is 8.00. The lowest BCUT2D eigenvalue weighted by Gasteiger charge is -2.12. The van der Waals surface area contributed by atoms with Crippen LogP contribution in [0.25, 0.3) is 22.4 Å². The average Bonchev–Trinajstić information content (AvgIpc) is 2.79. The molecule has 160 valence electrons. The minimum atomic E-state index is -0.386. The fourth-order valence-corrected chi connectivity index (χ4v) is 3.52. The van der Waals surface area contributed by atoms with Crippen molar-refractivity contribution in [3.63, 3.8) is 0 Å². The van der Waals surface area contributed by atoms with E-state index in [4.69, 9.17) is 10.5 Å². The standard InChI is InChI=1S/C26H28FN3O/c1-2-3-4-5-6-9-16-31-20-14-12-19(13-15-20)22-17-25(30-26(29)23(22)18-28)21-10-7-8-11-24(21)27/h7-8,10-15,17H,2-6,9,16H2,1H3,(H2,29,30). The van der Waals surface area contributed by atoms with Crippen LogP contribution in [0.15, 0.2) is 54.6 Å². The van der Waals surface area contributed by atoms with E-state index in [1.165, 1.54) is 38.2 Å². The van der Waals surface area contributed by atoms with Gasteiger partial charge in [-0.25, -0.2) is 9.37 Å². The number of nitrogens with zero attached hydrogens (tertiary/aromatic N) is 2. The SMILES string of the molecule is CCCCCCCCOc1ccc(-c2cc(-c3ccccc3F)nc(N)c2C#N)cc1. The van der Waals surface area contributed by atoms with E-state index in [1.54, 1.807) is 24.3 Å². The van der Waals surface area contributed by atoms with Gasteiger partial charge in [-0.05, 0) is 42.3 Å². The smallest absolute Gasteiger partial charge is 0.142 e. The van der Waals surface area contributed by atoms with Crippen LogP contribution in [0.3, 0.4) is 0 Å². The Bertz CT molecular complexity index is 1040. The van der Waals surface area contributed by atoms with Crippen LogP contribution in [0.4, 0.5) is 10.2 Å². The Morgan fingerprint density at radius 3 is 2.39 bits per heavy atom. The number of nitriles is 1. The van der Waals surface area contributed by atoms with Crippen LogP contribution in [-0.2, 0) is 0 Å². The normalized spacial score (nSPS) is 10.6. The highest BCUT2D eigenvalue weighted by atomic mass is 19.1. The summed E-state index contributed by atoms with van der Waals surface area (Å²) < 4.78 is 20.1. The van der Waals surface area contributed by atoms with Crippen LogP contribution >= 0.6 is 0 Å². The number of unbranched alkanes of at least 4 members (excludes halogenated alkanes) is 5. The summed E-state index contributed by atoms with van der Waals surface area (Å²) in [5.41, 5.74) is 8.47. The first-order chi connectivity index (χ1) is 15.1. The van der Waals surface area contributed by atoms with Gasteiger partial charge in [0.25, 0.3) is 0 Å². The van der Waals surface area contributed by atoms with Gasteiger partial charge in [0.15, 0.2) is 0 Å². The zero-order chi connectivity index (χ0) is 22.1. The molecule has 1 aromatic heterocycles. The predicted octanol–water partition coefficient (Wildman–Crippen LogP) is 6.75. The molecule has 0 aliphatic rings. The van der Waals surface area contributed by atoms with Gasteiger partial charge >= 0.3 is 0 Å². The van der Waals surface area contributed by atoms with Crippen molar-refractivity contribution in [1.82, 2.24) is 4.98 Å². The van der Waals surface area contributed by atoms with E-state index in [-0.39, 0.29) is 17.2 Å². The van der Waals surface area contributed by atoms with Crippen LogP contribution in [0.1, 0.15) is 51.0 Å². The monoisotopic (exact) mass is 417 g/mol. The predicted molar refractivity (Wildman–Crippen MR) is 123 cm³/mol. The van der Waals surface area contributed by atoms with Crippen molar-refractivity contribution in [3.8, 4) is 34.2 Å². The van der Waals surface area contributed by atoms with Gasteiger partial charge < -0.3 is 10.5 Å². The minimum Gasteiger partial charge on any atom is -0.494 e. The third-order valence-corrected chi connectivity index (χ3v) is 5.24. The van der Waals surface area contributed by atoms with E-state index in [2.05, 4.69) is 18.0 Å². The highest BCUT2D eigenvalue weighted by Gasteiger charge is 2.15. The maximum atomic E-state index is 14.2. The molecule has 3 aromatic rings. The second-order valence-corrected chi connectivity index (χ2v) is 7.55. The van der Waals surface area contributed by atoms with E-state index in [0.29, 0.717) is 23.4 Å². The van der Waals surface area contributed by atoms with Crippen molar-refractivity contribution in [2.75, 3.05) is 12.3 Å². The highest BCUT2D eigenvalue weighted by Crippen LogP contribution is 2.32. The number of pyridine rings is 1. The zero-order valence-electron chi connectivity index (χ0n) is 17.9. The number of halogens is 1. The fourth-order valence-electron chi connectivity index (χ4n) is 3.52. The molecule has 0 radical (unpaired) electrons. The number of hydrogen-bond acceptors (Lipinski definition) is 4. The maximum absolute atomic E-state index is 14.2. The molecule has 0 bridgehead atoms. The number of rotatable bonds is 10. The summed E-state index contributed by atoms with van der Waals surface area (Å²) in [4.78, 5) is 4.25. The molecule has 0 amide bonds. The second-order valence-electron chi connectivity index (χ2n) is 7.55. The lowest BCUT2D eigenvalue weighted by Crippen LogP contribution is -2.01. The molecule has 2 N–H and O–H groups in total. The summed E-state index contributed by atoms with van der Waals surface area (Å²) in [6, 6.07) is 17.7. The molecule has 5 heteroatoms. The molecule has 0 unspecified atom stereocenters. The van der Waals surface area contributed by atoms with Crippen molar-refractivity contribution >= 4 is 5.82 Å². The Hall–Kier alpha value is -3.39. The van der Waals surface area contributed by atoms with Crippen LogP contribution in [-0.4, -0.2) is 11.6 Å². The largest absolute Gasteiger partial charge is 0.494 e. The van der Waals surface area contributed by atoms with Crippen LogP contribution in [0.2, 0.25) is 0 Å². The maximum Gasteiger partial charge on any atom is 0.142 e. The number of aromatic nitrogens is 1. The number of hydrogen-bond donors (Lipinski definition) is 1. The van der Waals surface area contributed by atoms with Crippen molar-refractivity contribution in [1.29, 1.82) is 5.26 Å². The van der Waals surface area contributed by atoms with Crippen molar-refractivity contribution in [2.24, 2.45) is 0 Å². The van der Waals surface area contributed by atoms with E-state index in [0.717, 1.165) is 17.7 Å². The summed E-state index contributed by atoms with van der Waals surface area (Å²) in [5.74, 6) is 0.484. The summed E-state index contributed by atoms with van der Waals surface area (Å²) in [7, 11) is 0. The Labute approximate surface area is 183 Å². The van der Waals surface area contributed by atoms with Gasteiger partial charge in [0.2, 0.25) is 0 Å². The number of nitrogens with two attached hydrogens (primary N) is 1. The Balaban J connectivity index is 1.75. The van der Waals surface area contributed by atoms with Gasteiger partial charge in [-0.15, -0.1) is 0 Å². The molecular weight excluding hydrogens is 389 g/mol. The molecule has 0 fully saturated rings. The van der Waals surface area contributed by atoms with E-state index in [9.17, 15) is 9.65 Å². The Morgan fingerprint density at radius 1 is 0.968 bits per heavy atom. The lowest BCUT2D eigenvalue weighted by atomic mass is 9.98. The quantitative estimate of drug-likeness (QED) is 0.370. The molecule has 0 atom stereocenters. The number of ether oxygens (including phenoxy) is 1. The number of anilines is 1. The minimum absolute atomic E-state index is 0.0849. The van der Waals surface area contributed by atoms with E-state index in [1.807, 2.05) is 24.3 Å². The number of nitrogen functional groups attached to an aromatic ring is 1. The van der Waals surface area contributed by atoms with Crippen LogP contribution in [0, 0.1) is 17.1 Å². The third kappa shape index (κ3) is 5.82. The molecule has 0 aliphatic carbocycles. The van der Waals surface area contributed by atoms with Crippen molar-refractivity contribution in [3.05, 3.63) is 66.0 Å². The molecule has 0 saturated carbocycles. The van der Waals surface area contributed by atoms with Crippen molar-refractivity contribution < 1.29 is 9.13 Å². The molecule has 2 aromatic carbocycles. The van der Waals surface area contributed by atoms with Gasteiger partial charge in [0, 0.05) is 11.1 Å². The van der Waals surface area contributed by atoms with Crippen molar-refractivity contribution in [2.45, 2.75) is 45.4 Å². The summed E-state index contributed by atoms with van der Waals surface area (Å²) in [5, 5.41) is 9.58. The molecular formula is C26H28FN3O. The molecule has 0 saturated heterocycles. The fraction of sp³-hybridized carbons (Fsp3) is 0.308. The van der Waals surface area contributed by atoms with Gasteiger partial charge in [-0.3, -0.25) is 0 Å². The van der Waals surface area contributed by atoms with Gasteiger partial charge in [-0.1, -0.05) is 63.3 Å². The van der Waals surface area contributed by atoms with E-state index >= 15 is 0 Å². The molecule has 3 rings (SSSR count). The second kappa shape index (κ2) is 11.1. The molecule has 0 spiro atoms. The first-order valence-corrected chi connectivity index (χ1v) is 10.8. The van der Waals surface area contributed by atoms with Gasteiger partial charge in [0.1, 0.15) is 29.0 Å². The van der Waals surface area contributed by atoms with Gasteiger partial charge in [-0.2, -0.15) is 5.26 Å². The summed E-state index contributed by atoms with van der Waals surface area (Å²) in [6.45, 7) is 2.90. The van der Waals surface area contributed by atoms with E-state index < -0.39 is 0 Å². The third-order valence-electron chi connectivity index (χ3n) is 5.24. The molecule has 4 nitrogen and oxygen atoms in total.